The quantitative estimate of drug-likeness (QED) is 0.555. The van der Waals surface area contributed by atoms with Crippen LogP contribution in [-0.2, 0) is 0 Å². The fourth-order valence-electron chi connectivity index (χ4n) is 2.77. The Balaban J connectivity index is 1.66. The molecule has 0 aromatic heterocycles. The molecule has 0 heterocycles. The van der Waals surface area contributed by atoms with E-state index in [2.05, 4.69) is 10.6 Å². The first-order valence-electron chi connectivity index (χ1n) is 9.44. The standard InChI is InChI=1S/C24H26N2O3/c1-24(2,3)26-23(27)25-19-10-14-21(15-11-19)29-22-7-5-6-18(16-22)17-8-12-20(28-4)13-9-17/h5-16H,1-4H3,(H2,25,26,27). The van der Waals surface area contributed by atoms with Gasteiger partial charge in [0.1, 0.15) is 17.2 Å². The second kappa shape index (κ2) is 8.69. The second-order valence-electron chi connectivity index (χ2n) is 7.71. The third-order valence-corrected chi connectivity index (χ3v) is 4.09. The summed E-state index contributed by atoms with van der Waals surface area (Å²) in [6.45, 7) is 5.80. The van der Waals surface area contributed by atoms with E-state index >= 15 is 0 Å². The van der Waals surface area contributed by atoms with Gasteiger partial charge in [0.25, 0.3) is 0 Å². The van der Waals surface area contributed by atoms with Crippen molar-refractivity contribution in [1.29, 1.82) is 0 Å². The molecular weight excluding hydrogens is 364 g/mol. The average molecular weight is 390 g/mol. The van der Waals surface area contributed by atoms with Crippen LogP contribution < -0.4 is 20.1 Å². The van der Waals surface area contributed by atoms with Gasteiger partial charge in [0, 0.05) is 11.2 Å². The van der Waals surface area contributed by atoms with Gasteiger partial charge in [-0.05, 0) is 80.4 Å². The summed E-state index contributed by atoms with van der Waals surface area (Å²) in [6, 6.07) is 22.8. The zero-order valence-corrected chi connectivity index (χ0v) is 17.2. The summed E-state index contributed by atoms with van der Waals surface area (Å²) >= 11 is 0. The predicted octanol–water partition coefficient (Wildman–Crippen LogP) is 6.07. The van der Waals surface area contributed by atoms with Crippen molar-refractivity contribution in [3.8, 4) is 28.4 Å². The minimum atomic E-state index is -0.290. The molecule has 0 fully saturated rings. The lowest BCUT2D eigenvalue weighted by molar-refractivity contribution is 0.244. The molecule has 0 aliphatic carbocycles. The van der Waals surface area contributed by atoms with Gasteiger partial charge in [-0.3, -0.25) is 0 Å². The van der Waals surface area contributed by atoms with E-state index in [1.165, 1.54) is 0 Å². The van der Waals surface area contributed by atoms with Crippen LogP contribution in [0.4, 0.5) is 10.5 Å². The molecule has 5 heteroatoms. The SMILES string of the molecule is COc1ccc(-c2cccc(Oc3ccc(NC(=O)NC(C)(C)C)cc3)c2)cc1. The first-order valence-corrected chi connectivity index (χ1v) is 9.44. The Labute approximate surface area is 171 Å². The number of rotatable bonds is 5. The van der Waals surface area contributed by atoms with Crippen molar-refractivity contribution in [2.24, 2.45) is 0 Å². The molecule has 3 aromatic carbocycles. The van der Waals surface area contributed by atoms with Crippen molar-refractivity contribution in [1.82, 2.24) is 5.32 Å². The summed E-state index contributed by atoms with van der Waals surface area (Å²) in [5.41, 5.74) is 2.55. The number of carbonyl (C=O) groups is 1. The van der Waals surface area contributed by atoms with Crippen molar-refractivity contribution in [3.63, 3.8) is 0 Å². The zero-order chi connectivity index (χ0) is 20.9. The topological polar surface area (TPSA) is 59.6 Å². The number of urea groups is 1. The molecule has 0 atom stereocenters. The summed E-state index contributed by atoms with van der Waals surface area (Å²) in [7, 11) is 1.65. The molecule has 0 saturated carbocycles. The first kappa shape index (κ1) is 20.3. The Kier molecular flexibility index (Phi) is 6.07. The fourth-order valence-corrected chi connectivity index (χ4v) is 2.77. The number of amides is 2. The van der Waals surface area contributed by atoms with Gasteiger partial charge in [-0.25, -0.2) is 4.79 Å². The second-order valence-corrected chi connectivity index (χ2v) is 7.71. The number of hydrogen-bond donors (Lipinski definition) is 2. The van der Waals surface area contributed by atoms with E-state index in [1.807, 2.05) is 93.6 Å². The Hall–Kier alpha value is -3.47. The Morgan fingerprint density at radius 1 is 0.793 bits per heavy atom. The highest BCUT2D eigenvalue weighted by Gasteiger charge is 2.13. The van der Waals surface area contributed by atoms with Gasteiger partial charge in [-0.15, -0.1) is 0 Å². The molecule has 29 heavy (non-hydrogen) atoms. The van der Waals surface area contributed by atoms with Crippen LogP contribution in [0.5, 0.6) is 17.2 Å². The molecule has 0 spiro atoms. The lowest BCUT2D eigenvalue weighted by atomic mass is 10.1. The molecule has 3 aromatic rings. The number of anilines is 1. The maximum atomic E-state index is 12.0. The molecule has 5 nitrogen and oxygen atoms in total. The molecule has 0 bridgehead atoms. The van der Waals surface area contributed by atoms with Crippen LogP contribution in [0.25, 0.3) is 11.1 Å². The van der Waals surface area contributed by atoms with E-state index in [0.717, 1.165) is 22.6 Å². The highest BCUT2D eigenvalue weighted by Crippen LogP contribution is 2.29. The number of nitrogens with one attached hydrogen (secondary N) is 2. The highest BCUT2D eigenvalue weighted by atomic mass is 16.5. The van der Waals surface area contributed by atoms with E-state index in [0.29, 0.717) is 11.4 Å². The molecular formula is C24H26N2O3. The van der Waals surface area contributed by atoms with E-state index in [4.69, 9.17) is 9.47 Å². The number of methoxy groups -OCH3 is 1. The molecule has 3 rings (SSSR count). The van der Waals surface area contributed by atoms with Gasteiger partial charge in [0.2, 0.25) is 0 Å². The third kappa shape index (κ3) is 6.01. The van der Waals surface area contributed by atoms with Gasteiger partial charge in [-0.1, -0.05) is 24.3 Å². The lowest BCUT2D eigenvalue weighted by Gasteiger charge is -2.20. The number of carbonyl (C=O) groups excluding carboxylic acids is 1. The van der Waals surface area contributed by atoms with Crippen molar-refractivity contribution in [2.75, 3.05) is 12.4 Å². The molecule has 0 unspecified atom stereocenters. The molecule has 2 N–H and O–H groups in total. The van der Waals surface area contributed by atoms with Crippen LogP contribution in [-0.4, -0.2) is 18.7 Å². The Bertz CT molecular complexity index is 959. The molecule has 150 valence electrons. The minimum Gasteiger partial charge on any atom is -0.497 e. The Morgan fingerprint density at radius 3 is 2.07 bits per heavy atom. The van der Waals surface area contributed by atoms with E-state index < -0.39 is 0 Å². The number of benzene rings is 3. The van der Waals surface area contributed by atoms with E-state index in [-0.39, 0.29) is 11.6 Å². The van der Waals surface area contributed by atoms with Gasteiger partial charge in [0.15, 0.2) is 0 Å². The van der Waals surface area contributed by atoms with Gasteiger partial charge < -0.3 is 20.1 Å². The highest BCUT2D eigenvalue weighted by molar-refractivity contribution is 5.89. The van der Waals surface area contributed by atoms with Crippen LogP contribution in [0.2, 0.25) is 0 Å². The van der Waals surface area contributed by atoms with Gasteiger partial charge >= 0.3 is 6.03 Å². The number of hydrogen-bond acceptors (Lipinski definition) is 3. The van der Waals surface area contributed by atoms with Gasteiger partial charge in [-0.2, -0.15) is 0 Å². The summed E-state index contributed by atoms with van der Waals surface area (Å²) in [6.07, 6.45) is 0. The monoisotopic (exact) mass is 390 g/mol. The average Bonchev–Trinajstić information content (AvgIpc) is 2.68. The summed E-state index contributed by atoms with van der Waals surface area (Å²) in [5.74, 6) is 2.26. The molecule has 0 aliphatic heterocycles. The van der Waals surface area contributed by atoms with E-state index in [9.17, 15) is 4.79 Å². The largest absolute Gasteiger partial charge is 0.497 e. The summed E-state index contributed by atoms with van der Waals surface area (Å²) < 4.78 is 11.2. The van der Waals surface area contributed by atoms with Crippen molar-refractivity contribution >= 4 is 11.7 Å². The van der Waals surface area contributed by atoms with Crippen molar-refractivity contribution in [3.05, 3.63) is 72.8 Å². The van der Waals surface area contributed by atoms with Crippen LogP contribution in [0.15, 0.2) is 72.8 Å². The molecule has 0 radical (unpaired) electrons. The van der Waals surface area contributed by atoms with Crippen molar-refractivity contribution in [2.45, 2.75) is 26.3 Å². The van der Waals surface area contributed by atoms with Crippen LogP contribution >= 0.6 is 0 Å². The first-order chi connectivity index (χ1) is 13.8. The van der Waals surface area contributed by atoms with Crippen molar-refractivity contribution < 1.29 is 14.3 Å². The predicted molar refractivity (Wildman–Crippen MR) is 117 cm³/mol. The summed E-state index contributed by atoms with van der Waals surface area (Å²) in [5, 5.41) is 5.68. The smallest absolute Gasteiger partial charge is 0.319 e. The van der Waals surface area contributed by atoms with Crippen LogP contribution in [0, 0.1) is 0 Å². The zero-order valence-electron chi connectivity index (χ0n) is 17.2. The van der Waals surface area contributed by atoms with Crippen LogP contribution in [0.1, 0.15) is 20.8 Å². The lowest BCUT2D eigenvalue weighted by Crippen LogP contribution is -2.43. The number of ether oxygens (including phenoxy) is 2. The molecule has 0 aliphatic rings. The van der Waals surface area contributed by atoms with E-state index in [1.54, 1.807) is 7.11 Å². The Morgan fingerprint density at radius 2 is 1.45 bits per heavy atom. The summed E-state index contributed by atoms with van der Waals surface area (Å²) in [4.78, 5) is 12.0. The maximum Gasteiger partial charge on any atom is 0.319 e. The normalized spacial score (nSPS) is 10.9. The molecule has 2 amide bonds. The minimum absolute atomic E-state index is 0.238. The van der Waals surface area contributed by atoms with Gasteiger partial charge in [0.05, 0.1) is 7.11 Å². The molecule has 0 saturated heterocycles. The maximum absolute atomic E-state index is 12.0. The fraction of sp³-hybridized carbons (Fsp3) is 0.208. The third-order valence-electron chi connectivity index (χ3n) is 4.09. The van der Waals surface area contributed by atoms with Crippen LogP contribution in [0.3, 0.4) is 0 Å².